The van der Waals surface area contributed by atoms with Gasteiger partial charge in [-0.2, -0.15) is 0 Å². The summed E-state index contributed by atoms with van der Waals surface area (Å²) in [6.07, 6.45) is 4.94. The molecule has 4 nitrogen and oxygen atoms in total. The number of ketones is 1. The van der Waals surface area contributed by atoms with Crippen molar-refractivity contribution in [3.05, 3.63) is 46.8 Å². The Balaban J connectivity index is 2.58. The van der Waals surface area contributed by atoms with Crippen molar-refractivity contribution >= 4 is 38.2 Å². The third-order valence-electron chi connectivity index (χ3n) is 2.61. The summed E-state index contributed by atoms with van der Waals surface area (Å²) in [5.41, 5.74) is 6.96. The molecule has 0 unspecified atom stereocenters. The van der Waals surface area contributed by atoms with Gasteiger partial charge in [0, 0.05) is 49.2 Å². The van der Waals surface area contributed by atoms with Crippen molar-refractivity contribution in [2.45, 2.75) is 0 Å². The topological polar surface area (TPSA) is 59.2 Å². The van der Waals surface area contributed by atoms with E-state index in [1.807, 2.05) is 25.1 Å². The van der Waals surface area contributed by atoms with Gasteiger partial charge < -0.3 is 10.6 Å². The normalized spacial score (nSPS) is 11.1. The summed E-state index contributed by atoms with van der Waals surface area (Å²) < 4.78 is 0.690. The molecule has 1 aromatic heterocycles. The lowest BCUT2D eigenvalue weighted by molar-refractivity contribution is 0.104. The highest BCUT2D eigenvalue weighted by atomic mass is 79.9. The van der Waals surface area contributed by atoms with Crippen molar-refractivity contribution in [3.8, 4) is 0 Å². The van der Waals surface area contributed by atoms with Crippen molar-refractivity contribution in [2.24, 2.45) is 0 Å². The van der Waals surface area contributed by atoms with E-state index in [-0.39, 0.29) is 5.78 Å². The number of nitrogens with zero attached hydrogens (tertiary/aromatic N) is 2. The molecule has 0 spiro atoms. The molecule has 0 aliphatic rings. The number of rotatable bonds is 3. The van der Waals surface area contributed by atoms with Crippen molar-refractivity contribution in [2.75, 3.05) is 19.8 Å². The zero-order valence-electron chi connectivity index (χ0n) is 10.7. The van der Waals surface area contributed by atoms with Gasteiger partial charge in [-0.3, -0.25) is 4.79 Å². The first-order valence-electron chi connectivity index (χ1n) is 5.71. The molecule has 0 aliphatic heterocycles. The minimum absolute atomic E-state index is 0.0795. The number of carbonyl (C=O) groups is 1. The number of allylic oxidation sites excluding steroid dienone is 1. The number of anilines is 1. The number of carbonyl (C=O) groups excluding carboxylic acids is 1. The van der Waals surface area contributed by atoms with Crippen molar-refractivity contribution in [3.63, 3.8) is 0 Å². The Bertz CT molecular complexity index is 665. The Morgan fingerprint density at radius 3 is 2.79 bits per heavy atom. The van der Waals surface area contributed by atoms with E-state index in [1.54, 1.807) is 24.5 Å². The Hall–Kier alpha value is -1.88. The van der Waals surface area contributed by atoms with Crippen LogP contribution in [0.1, 0.15) is 10.4 Å². The lowest BCUT2D eigenvalue weighted by atomic mass is 10.0. The van der Waals surface area contributed by atoms with Crippen molar-refractivity contribution < 1.29 is 4.79 Å². The molecule has 98 valence electrons. The van der Waals surface area contributed by atoms with Crippen LogP contribution in [0, 0.1) is 0 Å². The van der Waals surface area contributed by atoms with E-state index in [9.17, 15) is 4.79 Å². The Morgan fingerprint density at radius 2 is 2.11 bits per heavy atom. The average molecular weight is 320 g/mol. The lowest BCUT2D eigenvalue weighted by Crippen LogP contribution is -2.04. The van der Waals surface area contributed by atoms with Gasteiger partial charge in [0.2, 0.25) is 0 Å². The molecular weight excluding hydrogens is 306 g/mol. The fraction of sp³-hybridized carbons (Fsp3) is 0.143. The van der Waals surface area contributed by atoms with Crippen LogP contribution in [0.3, 0.4) is 0 Å². The summed E-state index contributed by atoms with van der Waals surface area (Å²) in [6.45, 7) is 0. The SMILES string of the molecule is CN(C)/C=C/C(=O)c1cc(N)cc2cnc(Br)cc12. The van der Waals surface area contributed by atoms with E-state index < -0.39 is 0 Å². The number of fused-ring (bicyclic) bond motifs is 1. The first kappa shape index (κ1) is 13.5. The van der Waals surface area contributed by atoms with Crippen LogP contribution in [0.4, 0.5) is 5.69 Å². The predicted octanol–water partition coefficient (Wildman–Crippen LogP) is 2.84. The van der Waals surface area contributed by atoms with Crippen LogP contribution < -0.4 is 5.73 Å². The maximum absolute atomic E-state index is 12.2. The van der Waals surface area contributed by atoms with Crippen LogP contribution in [0.15, 0.2) is 41.3 Å². The summed E-state index contributed by atoms with van der Waals surface area (Å²) in [5, 5.41) is 1.69. The molecule has 0 saturated carbocycles. The summed E-state index contributed by atoms with van der Waals surface area (Å²) in [7, 11) is 3.73. The van der Waals surface area contributed by atoms with Crippen molar-refractivity contribution in [1.82, 2.24) is 9.88 Å². The van der Waals surface area contributed by atoms with Gasteiger partial charge >= 0.3 is 0 Å². The smallest absolute Gasteiger partial charge is 0.187 e. The lowest BCUT2D eigenvalue weighted by Gasteiger charge is -2.07. The Labute approximate surface area is 120 Å². The van der Waals surface area contributed by atoms with Crippen LogP contribution in [0.2, 0.25) is 0 Å². The first-order chi connectivity index (χ1) is 8.97. The molecule has 0 atom stereocenters. The fourth-order valence-electron chi connectivity index (χ4n) is 1.76. The van der Waals surface area contributed by atoms with E-state index in [4.69, 9.17) is 5.73 Å². The van der Waals surface area contributed by atoms with E-state index in [0.717, 1.165) is 10.8 Å². The molecule has 0 bridgehead atoms. The highest BCUT2D eigenvalue weighted by molar-refractivity contribution is 9.10. The number of benzene rings is 1. The van der Waals surface area contributed by atoms with E-state index in [2.05, 4.69) is 20.9 Å². The van der Waals surface area contributed by atoms with Gasteiger partial charge in [-0.05, 0) is 39.5 Å². The third-order valence-corrected chi connectivity index (χ3v) is 3.05. The van der Waals surface area contributed by atoms with Gasteiger partial charge in [0.1, 0.15) is 4.60 Å². The van der Waals surface area contributed by atoms with Crippen molar-refractivity contribution in [1.29, 1.82) is 0 Å². The number of pyridine rings is 1. The van der Waals surface area contributed by atoms with E-state index >= 15 is 0 Å². The molecule has 2 N–H and O–H groups in total. The van der Waals surface area contributed by atoms with Gasteiger partial charge in [-0.15, -0.1) is 0 Å². The Morgan fingerprint density at radius 1 is 1.37 bits per heavy atom. The molecule has 1 heterocycles. The molecule has 0 fully saturated rings. The second-order valence-corrected chi connectivity index (χ2v) is 5.25. The van der Waals surface area contributed by atoms with Gasteiger partial charge in [0.25, 0.3) is 0 Å². The second kappa shape index (κ2) is 5.40. The van der Waals surface area contributed by atoms with Crippen LogP contribution in [0.25, 0.3) is 10.8 Å². The van der Waals surface area contributed by atoms with Crippen LogP contribution in [-0.2, 0) is 0 Å². The third kappa shape index (κ3) is 3.12. The maximum Gasteiger partial charge on any atom is 0.187 e. The molecule has 2 rings (SSSR count). The van der Waals surface area contributed by atoms with Crippen LogP contribution >= 0.6 is 15.9 Å². The number of nitrogens with two attached hydrogens (primary N) is 1. The summed E-state index contributed by atoms with van der Waals surface area (Å²) in [4.78, 5) is 18.2. The molecule has 0 amide bonds. The number of aromatic nitrogens is 1. The van der Waals surface area contributed by atoms with Gasteiger partial charge in [-0.25, -0.2) is 4.98 Å². The van der Waals surface area contributed by atoms with Gasteiger partial charge in [-0.1, -0.05) is 0 Å². The molecule has 2 aromatic rings. The minimum Gasteiger partial charge on any atom is -0.399 e. The second-order valence-electron chi connectivity index (χ2n) is 4.44. The first-order valence-corrected chi connectivity index (χ1v) is 6.50. The monoisotopic (exact) mass is 319 g/mol. The van der Waals surface area contributed by atoms with Gasteiger partial charge in [0.05, 0.1) is 0 Å². The number of hydrogen-bond acceptors (Lipinski definition) is 4. The molecular formula is C14H14BrN3O. The van der Waals surface area contributed by atoms with Gasteiger partial charge in [0.15, 0.2) is 5.78 Å². The number of halogens is 1. The summed E-state index contributed by atoms with van der Waals surface area (Å²) in [5.74, 6) is -0.0795. The standard InChI is InChI=1S/C14H14BrN3O/c1-18(2)4-3-13(19)12-6-10(16)5-9-8-17-14(15)7-11(9)12/h3-8H,16H2,1-2H3/b4-3+. The molecule has 0 saturated heterocycles. The molecule has 19 heavy (non-hydrogen) atoms. The van der Waals surface area contributed by atoms with Crippen LogP contribution in [-0.4, -0.2) is 29.8 Å². The maximum atomic E-state index is 12.2. The van der Waals surface area contributed by atoms with E-state index in [1.165, 1.54) is 6.08 Å². The highest BCUT2D eigenvalue weighted by Crippen LogP contribution is 2.25. The molecule has 5 heteroatoms. The Kier molecular flexibility index (Phi) is 3.85. The summed E-state index contributed by atoms with van der Waals surface area (Å²) in [6, 6.07) is 5.32. The zero-order chi connectivity index (χ0) is 14.0. The zero-order valence-corrected chi connectivity index (χ0v) is 12.3. The highest BCUT2D eigenvalue weighted by Gasteiger charge is 2.10. The molecule has 0 aliphatic carbocycles. The average Bonchev–Trinajstić information content (AvgIpc) is 2.35. The molecule has 0 radical (unpaired) electrons. The quantitative estimate of drug-likeness (QED) is 0.409. The van der Waals surface area contributed by atoms with Crippen LogP contribution in [0.5, 0.6) is 0 Å². The fourth-order valence-corrected chi connectivity index (χ4v) is 2.10. The van der Waals surface area contributed by atoms with E-state index in [0.29, 0.717) is 15.9 Å². The number of hydrogen-bond donors (Lipinski definition) is 1. The number of nitrogen functional groups attached to an aromatic ring is 1. The predicted molar refractivity (Wildman–Crippen MR) is 81.0 cm³/mol. The largest absolute Gasteiger partial charge is 0.399 e. The minimum atomic E-state index is -0.0795. The summed E-state index contributed by atoms with van der Waals surface area (Å²) >= 11 is 3.32. The molecule has 1 aromatic carbocycles.